The van der Waals surface area contributed by atoms with Gasteiger partial charge in [-0.3, -0.25) is 14.5 Å². The molecule has 0 unspecified atom stereocenters. The summed E-state index contributed by atoms with van der Waals surface area (Å²) in [4.78, 5) is 26.8. The van der Waals surface area contributed by atoms with E-state index in [1.807, 2.05) is 37.3 Å². The lowest BCUT2D eigenvalue weighted by atomic mass is 9.85. The molecule has 0 aromatic heterocycles. The first kappa shape index (κ1) is 18.5. The van der Waals surface area contributed by atoms with Gasteiger partial charge in [0.15, 0.2) is 0 Å². The number of carbonyl (C=O) groups excluding carboxylic acids is 2. The van der Waals surface area contributed by atoms with E-state index in [1.165, 1.54) is 4.90 Å². The number of hydrogen-bond donors (Lipinski definition) is 0. The predicted octanol–water partition coefficient (Wildman–Crippen LogP) is 5.37. The second kappa shape index (κ2) is 7.27. The van der Waals surface area contributed by atoms with Gasteiger partial charge in [0.05, 0.1) is 17.5 Å². The van der Waals surface area contributed by atoms with Crippen molar-refractivity contribution in [3.05, 3.63) is 65.7 Å². The number of fused-ring (bicyclic) bond motifs is 1. The van der Waals surface area contributed by atoms with E-state index in [0.29, 0.717) is 30.2 Å². The molecule has 4 nitrogen and oxygen atoms in total. The van der Waals surface area contributed by atoms with Crippen LogP contribution in [0.5, 0.6) is 11.5 Å². The summed E-state index contributed by atoms with van der Waals surface area (Å²) >= 11 is 0. The van der Waals surface area contributed by atoms with Crippen LogP contribution in [0, 0.1) is 18.8 Å². The van der Waals surface area contributed by atoms with Gasteiger partial charge in [-0.1, -0.05) is 38.1 Å². The van der Waals surface area contributed by atoms with Crippen molar-refractivity contribution in [2.45, 2.75) is 39.5 Å². The van der Waals surface area contributed by atoms with Gasteiger partial charge in [0.2, 0.25) is 11.8 Å². The van der Waals surface area contributed by atoms with Crippen LogP contribution in [0.15, 0.2) is 54.6 Å². The van der Waals surface area contributed by atoms with Crippen LogP contribution in [0.25, 0.3) is 0 Å². The van der Waals surface area contributed by atoms with Crippen LogP contribution in [0.1, 0.15) is 43.7 Å². The Labute approximate surface area is 165 Å². The quantitative estimate of drug-likeness (QED) is 0.533. The number of hydrogen-bond acceptors (Lipinski definition) is 3. The lowest BCUT2D eigenvalue weighted by Crippen LogP contribution is -2.30. The second-order valence-electron chi connectivity index (χ2n) is 7.96. The minimum absolute atomic E-state index is 0.0891. The van der Waals surface area contributed by atoms with Gasteiger partial charge in [-0.15, -0.1) is 0 Å². The zero-order valence-corrected chi connectivity index (χ0v) is 16.5. The highest BCUT2D eigenvalue weighted by Crippen LogP contribution is 2.38. The summed E-state index contributed by atoms with van der Waals surface area (Å²) in [6.07, 6.45) is 5.30. The van der Waals surface area contributed by atoms with Gasteiger partial charge < -0.3 is 4.74 Å². The van der Waals surface area contributed by atoms with E-state index in [4.69, 9.17) is 4.74 Å². The first-order valence-corrected chi connectivity index (χ1v) is 9.87. The Morgan fingerprint density at radius 3 is 2.11 bits per heavy atom. The van der Waals surface area contributed by atoms with E-state index in [9.17, 15) is 9.59 Å². The number of benzene rings is 2. The lowest BCUT2D eigenvalue weighted by molar-refractivity contribution is -0.122. The summed E-state index contributed by atoms with van der Waals surface area (Å²) < 4.78 is 6.12. The monoisotopic (exact) mass is 375 g/mol. The number of imide groups is 1. The molecule has 28 heavy (non-hydrogen) atoms. The number of anilines is 1. The molecule has 0 radical (unpaired) electrons. The predicted molar refractivity (Wildman–Crippen MR) is 110 cm³/mol. The van der Waals surface area contributed by atoms with E-state index in [0.717, 1.165) is 16.9 Å². The Bertz CT molecular complexity index is 917. The molecule has 4 heteroatoms. The van der Waals surface area contributed by atoms with E-state index in [2.05, 4.69) is 26.0 Å². The molecule has 2 aliphatic rings. The first-order valence-electron chi connectivity index (χ1n) is 9.87. The summed E-state index contributed by atoms with van der Waals surface area (Å²) in [6.45, 7) is 6.32. The molecule has 1 fully saturated rings. The summed E-state index contributed by atoms with van der Waals surface area (Å²) in [6, 6.07) is 13.5. The van der Waals surface area contributed by atoms with Crippen molar-refractivity contribution in [3.8, 4) is 11.5 Å². The third-order valence-electron chi connectivity index (χ3n) is 5.62. The average Bonchev–Trinajstić information content (AvgIpc) is 2.93. The second-order valence-corrected chi connectivity index (χ2v) is 7.96. The molecule has 1 aliphatic carbocycles. The summed E-state index contributed by atoms with van der Waals surface area (Å²) in [7, 11) is 0. The van der Waals surface area contributed by atoms with Crippen molar-refractivity contribution in [3.63, 3.8) is 0 Å². The third-order valence-corrected chi connectivity index (χ3v) is 5.62. The fourth-order valence-electron chi connectivity index (χ4n) is 4.05. The number of nitrogens with zero attached hydrogens (tertiary/aromatic N) is 1. The van der Waals surface area contributed by atoms with Gasteiger partial charge in [-0.05, 0) is 67.1 Å². The molecule has 144 valence electrons. The number of ether oxygens (including phenoxy) is 1. The summed E-state index contributed by atoms with van der Waals surface area (Å²) in [5.74, 6) is 1.28. The van der Waals surface area contributed by atoms with E-state index < -0.39 is 0 Å². The van der Waals surface area contributed by atoms with Gasteiger partial charge in [-0.2, -0.15) is 0 Å². The van der Waals surface area contributed by atoms with Crippen molar-refractivity contribution in [1.29, 1.82) is 0 Å². The van der Waals surface area contributed by atoms with Gasteiger partial charge in [0.1, 0.15) is 11.5 Å². The molecule has 4 rings (SSSR count). The SMILES string of the molecule is Cc1ccc(C(C)C)c(Oc2ccc(N3C(=O)[C@H]4CC=CC[C@@H]4C3=O)cc2)c1. The van der Waals surface area contributed by atoms with Gasteiger partial charge >= 0.3 is 0 Å². The Morgan fingerprint density at radius 1 is 0.929 bits per heavy atom. The van der Waals surface area contributed by atoms with Crippen LogP contribution in [-0.4, -0.2) is 11.8 Å². The van der Waals surface area contributed by atoms with E-state index >= 15 is 0 Å². The smallest absolute Gasteiger partial charge is 0.238 e. The number of allylic oxidation sites excluding steroid dienone is 2. The molecule has 2 amide bonds. The minimum atomic E-state index is -0.214. The zero-order chi connectivity index (χ0) is 19.8. The molecular formula is C24H25NO3. The normalized spacial score (nSPS) is 21.4. The Kier molecular flexibility index (Phi) is 4.80. The third kappa shape index (κ3) is 3.24. The van der Waals surface area contributed by atoms with Crippen molar-refractivity contribution < 1.29 is 14.3 Å². The molecule has 0 saturated carbocycles. The summed E-state index contributed by atoms with van der Waals surface area (Å²) in [5.41, 5.74) is 2.90. The minimum Gasteiger partial charge on any atom is -0.457 e. The molecule has 2 atom stereocenters. The maximum atomic E-state index is 12.7. The molecule has 0 bridgehead atoms. The molecule has 1 aliphatic heterocycles. The van der Waals surface area contributed by atoms with Crippen molar-refractivity contribution in [2.24, 2.45) is 11.8 Å². The van der Waals surface area contributed by atoms with Crippen LogP contribution in [0.2, 0.25) is 0 Å². The fourth-order valence-corrected chi connectivity index (χ4v) is 4.05. The van der Waals surface area contributed by atoms with Gasteiger partial charge in [0, 0.05) is 0 Å². The van der Waals surface area contributed by atoms with Crippen LogP contribution in [0.3, 0.4) is 0 Å². The van der Waals surface area contributed by atoms with Crippen LogP contribution < -0.4 is 9.64 Å². The molecule has 2 aromatic carbocycles. The van der Waals surface area contributed by atoms with E-state index in [-0.39, 0.29) is 23.7 Å². The maximum absolute atomic E-state index is 12.7. The Hall–Kier alpha value is -2.88. The molecule has 0 N–H and O–H groups in total. The fraction of sp³-hybridized carbons (Fsp3) is 0.333. The van der Waals surface area contributed by atoms with Gasteiger partial charge in [0.25, 0.3) is 0 Å². The Morgan fingerprint density at radius 2 is 1.54 bits per heavy atom. The van der Waals surface area contributed by atoms with Gasteiger partial charge in [-0.25, -0.2) is 0 Å². The largest absolute Gasteiger partial charge is 0.457 e. The average molecular weight is 375 g/mol. The standard InChI is InChI=1S/C24H25NO3/c1-15(2)19-13-8-16(3)14-22(19)28-18-11-9-17(10-12-18)25-23(26)20-6-4-5-7-21(20)24(25)27/h4-5,8-15,20-21H,6-7H2,1-3H3/t20-,21-/m0/s1. The maximum Gasteiger partial charge on any atom is 0.238 e. The molecule has 1 heterocycles. The molecule has 0 spiro atoms. The summed E-state index contributed by atoms with van der Waals surface area (Å²) in [5, 5.41) is 0. The first-order chi connectivity index (χ1) is 13.5. The molecule has 2 aromatic rings. The number of amides is 2. The highest BCUT2D eigenvalue weighted by molar-refractivity contribution is 6.22. The Balaban J connectivity index is 1.56. The van der Waals surface area contributed by atoms with Crippen LogP contribution >= 0.6 is 0 Å². The zero-order valence-electron chi connectivity index (χ0n) is 16.5. The topological polar surface area (TPSA) is 46.6 Å². The number of rotatable bonds is 4. The van der Waals surface area contributed by atoms with Crippen LogP contribution in [0.4, 0.5) is 5.69 Å². The highest BCUT2D eigenvalue weighted by Gasteiger charge is 2.47. The lowest BCUT2D eigenvalue weighted by Gasteiger charge is -2.17. The van der Waals surface area contributed by atoms with Crippen molar-refractivity contribution in [1.82, 2.24) is 0 Å². The van der Waals surface area contributed by atoms with Crippen molar-refractivity contribution in [2.75, 3.05) is 4.90 Å². The van der Waals surface area contributed by atoms with E-state index in [1.54, 1.807) is 12.1 Å². The number of aryl methyl sites for hydroxylation is 1. The van der Waals surface area contributed by atoms with Crippen LogP contribution in [-0.2, 0) is 9.59 Å². The number of carbonyl (C=O) groups is 2. The molecular weight excluding hydrogens is 350 g/mol. The highest BCUT2D eigenvalue weighted by atomic mass is 16.5. The van der Waals surface area contributed by atoms with Crippen molar-refractivity contribution >= 4 is 17.5 Å². The molecule has 1 saturated heterocycles.